The summed E-state index contributed by atoms with van der Waals surface area (Å²) in [5, 5.41) is 6.24. The largest absolute Gasteiger partial charge is 0.302 e. The minimum absolute atomic E-state index is 0. The van der Waals surface area contributed by atoms with Crippen LogP contribution in [0.4, 0.5) is 0 Å². The molecule has 0 amide bonds. The Morgan fingerprint density at radius 1 is 0.369 bits per heavy atom. The van der Waals surface area contributed by atoms with Gasteiger partial charge in [0.1, 0.15) is 0 Å². The van der Waals surface area contributed by atoms with E-state index in [2.05, 4.69) is 227 Å². The van der Waals surface area contributed by atoms with Gasteiger partial charge in [-0.1, -0.05) is 191 Å². The Bertz CT molecular complexity index is 2110. The van der Waals surface area contributed by atoms with Crippen LogP contribution in [-0.2, 0) is 17.1 Å². The molecule has 0 spiro atoms. The van der Waals surface area contributed by atoms with Crippen LogP contribution in [0.3, 0.4) is 0 Å². The first-order chi connectivity index (χ1) is 30.7. The molecule has 8 rings (SSSR count). The van der Waals surface area contributed by atoms with E-state index >= 15 is 0 Å². The van der Waals surface area contributed by atoms with Crippen molar-refractivity contribution in [1.29, 1.82) is 0 Å². The molecule has 0 aromatic heterocycles. The number of hydrogen-bond donors (Lipinski definition) is 0. The average Bonchev–Trinajstić information content (AvgIpc) is 3.88. The molecular weight excluding hydrogens is 866 g/mol. The molecule has 0 aliphatic heterocycles. The molecule has 2 aliphatic carbocycles. The molecule has 5 heteroatoms. The Balaban J connectivity index is 0.000000212. The fourth-order valence-electron chi connectivity index (χ4n) is 11.9. The molecule has 0 N–H and O–H groups in total. The van der Waals surface area contributed by atoms with Crippen LogP contribution in [-0.4, -0.2) is 49.3 Å². The fraction of sp³-hybridized carbons (Fsp3) is 0.400. The number of rotatable bonds is 12. The maximum Gasteiger partial charge on any atom is 0.0376 e. The van der Waals surface area contributed by atoms with E-state index in [-0.39, 0.29) is 17.1 Å². The van der Waals surface area contributed by atoms with Gasteiger partial charge in [-0.2, -0.15) is 0 Å². The van der Waals surface area contributed by atoms with Crippen molar-refractivity contribution < 1.29 is 17.1 Å². The molecule has 2 aliphatic rings. The predicted octanol–water partition coefficient (Wildman–Crippen LogP) is 13.6. The molecule has 0 heterocycles. The molecule has 6 atom stereocenters. The minimum Gasteiger partial charge on any atom is -0.302 e. The molecule has 2 saturated carbocycles. The van der Waals surface area contributed by atoms with Gasteiger partial charge in [0.05, 0.1) is 0 Å². The van der Waals surface area contributed by atoms with Crippen molar-refractivity contribution in [3.8, 4) is 0 Å². The van der Waals surface area contributed by atoms with E-state index in [0.717, 1.165) is 0 Å². The topological polar surface area (TPSA) is 6.48 Å². The Morgan fingerprint density at radius 2 is 0.615 bits per heavy atom. The Kier molecular flexibility index (Phi) is 18.1. The van der Waals surface area contributed by atoms with Crippen molar-refractivity contribution in [1.82, 2.24) is 9.80 Å². The summed E-state index contributed by atoms with van der Waals surface area (Å²) in [5.41, 5.74) is 15.4. The van der Waals surface area contributed by atoms with E-state index in [1.54, 1.807) is 21.2 Å². The minimum atomic E-state index is -0.430. The van der Waals surface area contributed by atoms with E-state index in [1.165, 1.54) is 94.2 Å². The van der Waals surface area contributed by atoms with Crippen molar-refractivity contribution in [2.45, 2.75) is 117 Å². The van der Waals surface area contributed by atoms with Crippen molar-refractivity contribution in [2.24, 2.45) is 11.8 Å². The van der Waals surface area contributed by atoms with Gasteiger partial charge in [0, 0.05) is 29.2 Å². The number of nitrogens with zero attached hydrogens (tertiary/aromatic N) is 2. The van der Waals surface area contributed by atoms with Crippen LogP contribution in [0.25, 0.3) is 0 Å². The van der Waals surface area contributed by atoms with Gasteiger partial charge in [0.15, 0.2) is 0 Å². The van der Waals surface area contributed by atoms with Crippen molar-refractivity contribution in [3.05, 3.63) is 189 Å². The summed E-state index contributed by atoms with van der Waals surface area (Å²) in [4.78, 5) is 4.93. The molecule has 4 unspecified atom stereocenters. The summed E-state index contributed by atoms with van der Waals surface area (Å²) in [7, 11) is 8.21. The third-order valence-corrected chi connectivity index (χ3v) is 19.7. The second kappa shape index (κ2) is 23.1. The standard InChI is InChI=1S/2C30H38NP.Fe/c2*1-21-15-22(2)18-26(17-21)32(27-19-23(3)16-24(4)20-27)29-14-10-13-28(29)30(31(5)6)25-11-8-7-9-12-25;/h2*7-9,11-12,15-20,28-30H,10,13-14H2,1-6H3;/t2*28?,29?,30-;/m11./s1. The summed E-state index contributed by atoms with van der Waals surface area (Å²) in [6, 6.07) is 52.4. The van der Waals surface area contributed by atoms with E-state index in [4.69, 9.17) is 0 Å². The van der Waals surface area contributed by atoms with Gasteiger partial charge in [0.2, 0.25) is 0 Å². The second-order valence-corrected chi connectivity index (χ2v) is 25.0. The zero-order chi connectivity index (χ0) is 45.7. The van der Waals surface area contributed by atoms with Crippen molar-refractivity contribution >= 4 is 37.1 Å². The first-order valence-electron chi connectivity index (χ1n) is 24.0. The summed E-state index contributed by atoms with van der Waals surface area (Å²) < 4.78 is 0. The smallest absolute Gasteiger partial charge is 0.0376 e. The van der Waals surface area contributed by atoms with Gasteiger partial charge >= 0.3 is 0 Å². The van der Waals surface area contributed by atoms with Crippen molar-refractivity contribution in [2.75, 3.05) is 28.2 Å². The molecule has 6 aromatic carbocycles. The van der Waals surface area contributed by atoms with Gasteiger partial charge in [-0.3, -0.25) is 0 Å². The molecular formula is C60H76FeN2P2. The molecule has 6 aromatic rings. The van der Waals surface area contributed by atoms with Gasteiger partial charge in [0.25, 0.3) is 0 Å². The molecule has 2 nitrogen and oxygen atoms in total. The second-order valence-electron chi connectivity index (χ2n) is 20.1. The normalized spacial score (nSPS) is 19.3. The number of hydrogen-bond acceptors (Lipinski definition) is 2. The summed E-state index contributed by atoms with van der Waals surface area (Å²) in [6.07, 6.45) is 7.95. The SMILES string of the molecule is Cc1cc(C)cc(P(c2cc(C)cc(C)c2)C2CCCC2[C@@H](c2ccccc2)N(C)C)c1.Cc1cc(C)cc(P(c2cc(C)cc(C)c2)C2CCCC2[C@@H](c2ccccc2)N(C)C)c1.[Fe]. The fourth-order valence-corrected chi connectivity index (χ4v) is 19.0. The Hall–Kier alpha value is -3.38. The van der Waals surface area contributed by atoms with Crippen LogP contribution >= 0.6 is 15.8 Å². The first-order valence-corrected chi connectivity index (χ1v) is 26.8. The first kappa shape index (κ1) is 51.0. The van der Waals surface area contributed by atoms with Gasteiger partial charge in [-0.15, -0.1) is 0 Å². The van der Waals surface area contributed by atoms with E-state index in [1.807, 2.05) is 0 Å². The maximum absolute atomic E-state index is 2.47. The number of aryl methyl sites for hydroxylation is 8. The zero-order valence-corrected chi connectivity index (χ0v) is 44.4. The van der Waals surface area contributed by atoms with E-state index < -0.39 is 15.8 Å². The summed E-state index contributed by atoms with van der Waals surface area (Å²) in [6.45, 7) is 18.0. The van der Waals surface area contributed by atoms with Crippen LogP contribution in [0.15, 0.2) is 133 Å². The van der Waals surface area contributed by atoms with Crippen LogP contribution in [0, 0.1) is 67.2 Å². The van der Waals surface area contributed by atoms with Crippen molar-refractivity contribution in [3.63, 3.8) is 0 Å². The monoisotopic (exact) mass is 942 g/mol. The summed E-state index contributed by atoms with van der Waals surface area (Å²) >= 11 is 0. The molecule has 0 saturated heterocycles. The number of benzene rings is 6. The molecule has 0 bridgehead atoms. The predicted molar refractivity (Wildman–Crippen MR) is 284 cm³/mol. The van der Waals surface area contributed by atoms with E-state index in [0.29, 0.717) is 35.2 Å². The van der Waals surface area contributed by atoms with Gasteiger partial charge in [-0.05, 0) is 181 Å². The maximum atomic E-state index is 2.47. The Morgan fingerprint density at radius 3 is 0.846 bits per heavy atom. The van der Waals surface area contributed by atoms with E-state index in [9.17, 15) is 0 Å². The Labute approximate surface area is 408 Å². The van der Waals surface area contributed by atoms with Gasteiger partial charge < -0.3 is 9.80 Å². The van der Waals surface area contributed by atoms with Gasteiger partial charge in [-0.25, -0.2) is 0 Å². The molecule has 2 fully saturated rings. The van der Waals surface area contributed by atoms with Crippen LogP contribution in [0.1, 0.15) is 106 Å². The molecule has 344 valence electrons. The zero-order valence-electron chi connectivity index (χ0n) is 41.6. The quantitative estimate of drug-likeness (QED) is 0.0891. The molecule has 0 radical (unpaired) electrons. The third-order valence-electron chi connectivity index (χ3n) is 13.9. The summed E-state index contributed by atoms with van der Waals surface area (Å²) in [5.74, 6) is 1.33. The molecule has 65 heavy (non-hydrogen) atoms. The average molecular weight is 943 g/mol. The van der Waals surface area contributed by atoms with Crippen LogP contribution in [0.2, 0.25) is 0 Å². The van der Waals surface area contributed by atoms with Crippen LogP contribution in [0.5, 0.6) is 0 Å². The van der Waals surface area contributed by atoms with Crippen LogP contribution < -0.4 is 21.2 Å². The third kappa shape index (κ3) is 12.6.